The third-order valence-electron chi connectivity index (χ3n) is 4.97. The van der Waals surface area contributed by atoms with E-state index in [4.69, 9.17) is 16.3 Å². The number of halogens is 2. The van der Waals surface area contributed by atoms with Crippen molar-refractivity contribution < 1.29 is 22.3 Å². The number of anilines is 1. The number of aryl methyl sites for hydroxylation is 1. The predicted octanol–water partition coefficient (Wildman–Crippen LogP) is 3.84. The molecule has 1 saturated heterocycles. The average molecular weight is 441 g/mol. The smallest absolute Gasteiger partial charge is 0.243 e. The van der Waals surface area contributed by atoms with Crippen LogP contribution >= 0.6 is 11.6 Å². The van der Waals surface area contributed by atoms with E-state index in [0.717, 1.165) is 5.56 Å². The molecule has 2 aromatic carbocycles. The maximum Gasteiger partial charge on any atom is 0.243 e. The van der Waals surface area contributed by atoms with Crippen LogP contribution in [0.25, 0.3) is 0 Å². The Balaban J connectivity index is 1.76. The van der Waals surface area contributed by atoms with E-state index >= 15 is 0 Å². The number of carbonyl (C=O) groups is 1. The highest BCUT2D eigenvalue weighted by Gasteiger charge is 2.33. The summed E-state index contributed by atoms with van der Waals surface area (Å²) in [6, 6.07) is 8.42. The van der Waals surface area contributed by atoms with Crippen molar-refractivity contribution in [2.75, 3.05) is 25.5 Å². The topological polar surface area (TPSA) is 75.7 Å². The third-order valence-corrected chi connectivity index (χ3v) is 7.13. The zero-order valence-corrected chi connectivity index (χ0v) is 17.7. The molecule has 156 valence electrons. The van der Waals surface area contributed by atoms with E-state index in [-0.39, 0.29) is 22.4 Å². The number of nitrogens with zero attached hydrogens (tertiary/aromatic N) is 1. The van der Waals surface area contributed by atoms with Crippen molar-refractivity contribution in [1.29, 1.82) is 0 Å². The van der Waals surface area contributed by atoms with Gasteiger partial charge in [-0.25, -0.2) is 12.8 Å². The summed E-state index contributed by atoms with van der Waals surface area (Å²) in [5.74, 6) is -0.927. The number of sulfonamides is 1. The van der Waals surface area contributed by atoms with Gasteiger partial charge in [-0.15, -0.1) is 0 Å². The van der Waals surface area contributed by atoms with Crippen molar-refractivity contribution in [1.82, 2.24) is 4.31 Å². The molecule has 29 heavy (non-hydrogen) atoms. The van der Waals surface area contributed by atoms with Gasteiger partial charge in [-0.3, -0.25) is 4.79 Å². The van der Waals surface area contributed by atoms with Crippen LogP contribution in [0, 0.1) is 18.7 Å². The summed E-state index contributed by atoms with van der Waals surface area (Å²) >= 11 is 6.07. The first-order valence-corrected chi connectivity index (χ1v) is 10.9. The minimum atomic E-state index is -3.81. The average Bonchev–Trinajstić information content (AvgIpc) is 2.70. The highest BCUT2D eigenvalue weighted by molar-refractivity contribution is 7.89. The monoisotopic (exact) mass is 440 g/mol. The highest BCUT2D eigenvalue weighted by Crippen LogP contribution is 2.30. The Morgan fingerprint density at radius 3 is 2.72 bits per heavy atom. The number of carbonyl (C=O) groups excluding carboxylic acids is 1. The molecule has 1 N–H and O–H groups in total. The molecule has 1 amide bonds. The summed E-state index contributed by atoms with van der Waals surface area (Å²) in [5.41, 5.74) is 1.12. The van der Waals surface area contributed by atoms with Crippen LogP contribution < -0.4 is 10.1 Å². The highest BCUT2D eigenvalue weighted by atomic mass is 35.5. The first kappa shape index (κ1) is 21.5. The van der Waals surface area contributed by atoms with Crippen molar-refractivity contribution in [3.05, 3.63) is 52.8 Å². The number of hydrogen-bond donors (Lipinski definition) is 1. The largest absolute Gasteiger partial charge is 0.495 e. The van der Waals surface area contributed by atoms with Crippen molar-refractivity contribution in [2.24, 2.45) is 5.92 Å². The molecule has 0 radical (unpaired) electrons. The van der Waals surface area contributed by atoms with E-state index in [9.17, 15) is 17.6 Å². The summed E-state index contributed by atoms with van der Waals surface area (Å²) in [6.07, 6.45) is 1.10. The van der Waals surface area contributed by atoms with Gasteiger partial charge >= 0.3 is 0 Å². The minimum absolute atomic E-state index is 0.0466. The molecule has 0 saturated carbocycles. The number of methoxy groups -OCH3 is 1. The van der Waals surface area contributed by atoms with Crippen molar-refractivity contribution in [2.45, 2.75) is 24.7 Å². The molecule has 6 nitrogen and oxygen atoms in total. The molecule has 0 aromatic heterocycles. The first-order valence-electron chi connectivity index (χ1n) is 9.13. The van der Waals surface area contributed by atoms with Crippen LogP contribution in [0.2, 0.25) is 5.02 Å². The number of hydrogen-bond acceptors (Lipinski definition) is 4. The summed E-state index contributed by atoms with van der Waals surface area (Å²) in [4.78, 5) is 12.7. The predicted molar refractivity (Wildman–Crippen MR) is 109 cm³/mol. The van der Waals surface area contributed by atoms with Gasteiger partial charge in [-0.1, -0.05) is 17.7 Å². The molecule has 1 fully saturated rings. The maximum atomic E-state index is 13.5. The van der Waals surface area contributed by atoms with E-state index in [0.29, 0.717) is 30.8 Å². The Bertz CT molecular complexity index is 1030. The van der Waals surface area contributed by atoms with Gasteiger partial charge in [0.05, 0.1) is 22.9 Å². The van der Waals surface area contributed by atoms with Gasteiger partial charge in [-0.2, -0.15) is 4.31 Å². The van der Waals surface area contributed by atoms with Crippen LogP contribution in [-0.4, -0.2) is 38.8 Å². The molecule has 0 spiro atoms. The van der Waals surface area contributed by atoms with Gasteiger partial charge in [-0.05, 0) is 55.7 Å². The van der Waals surface area contributed by atoms with Crippen LogP contribution in [0.1, 0.15) is 18.4 Å². The fourth-order valence-corrected chi connectivity index (χ4v) is 5.17. The first-order chi connectivity index (χ1) is 13.7. The fraction of sp³-hybridized carbons (Fsp3) is 0.350. The third kappa shape index (κ3) is 4.71. The Labute approximate surface area is 174 Å². The number of rotatable bonds is 5. The molecular weight excluding hydrogens is 419 g/mol. The molecule has 1 aliphatic heterocycles. The zero-order chi connectivity index (χ0) is 21.2. The van der Waals surface area contributed by atoms with Crippen LogP contribution in [-0.2, 0) is 14.8 Å². The Kier molecular flexibility index (Phi) is 6.45. The van der Waals surface area contributed by atoms with Crippen molar-refractivity contribution in [3.8, 4) is 5.75 Å². The second-order valence-electron chi connectivity index (χ2n) is 6.95. The molecule has 3 rings (SSSR count). The maximum absolute atomic E-state index is 13.5. The van der Waals surface area contributed by atoms with Gasteiger partial charge in [0.2, 0.25) is 15.9 Å². The Hall–Kier alpha value is -2.16. The zero-order valence-electron chi connectivity index (χ0n) is 16.1. The molecule has 9 heteroatoms. The lowest BCUT2D eigenvalue weighted by atomic mass is 9.98. The van der Waals surface area contributed by atoms with Crippen LogP contribution in [0.5, 0.6) is 5.75 Å². The van der Waals surface area contributed by atoms with Gasteiger partial charge < -0.3 is 10.1 Å². The lowest BCUT2D eigenvalue weighted by Crippen LogP contribution is -2.43. The van der Waals surface area contributed by atoms with Crippen molar-refractivity contribution in [3.63, 3.8) is 0 Å². The lowest BCUT2D eigenvalue weighted by Gasteiger charge is -2.31. The molecule has 0 aliphatic carbocycles. The van der Waals surface area contributed by atoms with E-state index in [2.05, 4.69) is 5.32 Å². The SMILES string of the molecule is COc1ccc(S(=O)(=O)N2CCCC(C(=O)Nc3cc(F)ccc3C)C2)cc1Cl. The van der Waals surface area contributed by atoms with E-state index in [1.807, 2.05) is 0 Å². The van der Waals surface area contributed by atoms with E-state index in [1.54, 1.807) is 13.0 Å². The van der Waals surface area contributed by atoms with E-state index in [1.165, 1.54) is 41.7 Å². The quantitative estimate of drug-likeness (QED) is 0.766. The van der Waals surface area contributed by atoms with Gasteiger partial charge in [0.15, 0.2) is 0 Å². The minimum Gasteiger partial charge on any atom is -0.495 e. The lowest BCUT2D eigenvalue weighted by molar-refractivity contribution is -0.120. The Morgan fingerprint density at radius 2 is 2.03 bits per heavy atom. The summed E-state index contributed by atoms with van der Waals surface area (Å²) < 4.78 is 45.8. The van der Waals surface area contributed by atoms with Crippen LogP contribution in [0.4, 0.5) is 10.1 Å². The van der Waals surface area contributed by atoms with Gasteiger partial charge in [0.1, 0.15) is 11.6 Å². The number of ether oxygens (including phenoxy) is 1. The number of amides is 1. The van der Waals surface area contributed by atoms with Crippen LogP contribution in [0.15, 0.2) is 41.3 Å². The number of nitrogens with one attached hydrogen (secondary N) is 1. The standard InChI is InChI=1S/C20H22ClFN2O4S/c1-13-5-6-15(22)10-18(13)23-20(25)14-4-3-9-24(12-14)29(26,27)16-7-8-19(28-2)17(21)11-16/h5-8,10-11,14H,3-4,9,12H2,1-2H3,(H,23,25). The fourth-order valence-electron chi connectivity index (χ4n) is 3.30. The molecule has 1 unspecified atom stereocenters. The van der Waals surface area contributed by atoms with Gasteiger partial charge in [0.25, 0.3) is 0 Å². The van der Waals surface area contributed by atoms with Crippen molar-refractivity contribution >= 4 is 33.2 Å². The normalized spacial score (nSPS) is 17.7. The van der Waals surface area contributed by atoms with Gasteiger partial charge in [0, 0.05) is 18.8 Å². The van der Waals surface area contributed by atoms with Crippen LogP contribution in [0.3, 0.4) is 0 Å². The summed E-state index contributed by atoms with van der Waals surface area (Å²) in [6.45, 7) is 2.13. The summed E-state index contributed by atoms with van der Waals surface area (Å²) in [5, 5.41) is 2.91. The molecular formula is C20H22ClFN2O4S. The number of benzene rings is 2. The Morgan fingerprint density at radius 1 is 1.28 bits per heavy atom. The second-order valence-corrected chi connectivity index (χ2v) is 9.29. The summed E-state index contributed by atoms with van der Waals surface area (Å²) in [7, 11) is -2.36. The van der Waals surface area contributed by atoms with E-state index < -0.39 is 21.8 Å². The molecule has 2 aromatic rings. The molecule has 0 bridgehead atoms. The molecule has 1 heterocycles. The molecule has 1 aliphatic rings. The molecule has 1 atom stereocenters. The number of piperidine rings is 1. The second kappa shape index (κ2) is 8.69.